The molecule has 7 nitrogen and oxygen atoms in total. The third kappa shape index (κ3) is 10.9. The molecule has 0 bridgehead atoms. The molecule has 392 valence electrons. The highest BCUT2D eigenvalue weighted by Crippen LogP contribution is 2.62. The summed E-state index contributed by atoms with van der Waals surface area (Å²) < 4.78 is 23.9. The first-order chi connectivity index (χ1) is 33.4. The molecule has 0 radical (unpaired) electrons. The summed E-state index contributed by atoms with van der Waals surface area (Å²) >= 11 is 0. The molecule has 10 saturated carbocycles. The summed E-state index contributed by atoms with van der Waals surface area (Å²) in [5, 5.41) is 0. The van der Waals surface area contributed by atoms with Gasteiger partial charge in [-0.15, -0.1) is 0 Å². The summed E-state index contributed by atoms with van der Waals surface area (Å²) in [4.78, 5) is 28.3. The van der Waals surface area contributed by atoms with E-state index in [4.69, 9.17) is 18.9 Å². The van der Waals surface area contributed by atoms with E-state index in [-0.39, 0.29) is 29.7 Å². The normalized spacial score (nSPS) is 45.1. The van der Waals surface area contributed by atoms with Crippen LogP contribution in [0.1, 0.15) is 247 Å². The topological polar surface area (TPSA) is 74.3 Å². The molecule has 10 aliphatic rings. The molecule has 8 unspecified atom stereocenters. The van der Waals surface area contributed by atoms with Gasteiger partial charge in [0.15, 0.2) is 0 Å². The zero-order valence-corrected chi connectivity index (χ0v) is 45.2. The average Bonchev–Trinajstić information content (AvgIpc) is 3.37. The molecule has 0 amide bonds. The summed E-state index contributed by atoms with van der Waals surface area (Å²) in [6, 6.07) is 2.46. The SMILES string of the molecule is COC1CCC(C(C)(C2CCC(OC(=O)OC3CCC(C(C)(C)C4CCC(OC(C)=O)CC4)CC3)CC2)C2CCC(N(C3CCC(C)CC3)C3CCC4CCC5CCCC6CCC3C4C56)CC2)CC1. The Kier molecular flexibility index (Phi) is 16.5. The van der Waals surface area contributed by atoms with Crippen LogP contribution in [0.4, 0.5) is 4.79 Å². The van der Waals surface area contributed by atoms with E-state index in [1.54, 1.807) is 38.5 Å². The molecular formula is C62H103NO6. The predicted molar refractivity (Wildman–Crippen MR) is 276 cm³/mol. The van der Waals surface area contributed by atoms with Crippen molar-refractivity contribution in [1.29, 1.82) is 0 Å². The van der Waals surface area contributed by atoms with Gasteiger partial charge in [0, 0.05) is 32.2 Å². The zero-order chi connectivity index (χ0) is 47.9. The molecule has 69 heavy (non-hydrogen) atoms. The minimum Gasteiger partial charge on any atom is -0.463 e. The molecule has 0 aromatic carbocycles. The van der Waals surface area contributed by atoms with Crippen LogP contribution in [0.3, 0.4) is 0 Å². The van der Waals surface area contributed by atoms with E-state index in [1.807, 2.05) is 7.11 Å². The minimum absolute atomic E-state index is 0.0136. The van der Waals surface area contributed by atoms with Crippen molar-refractivity contribution in [1.82, 2.24) is 4.90 Å². The van der Waals surface area contributed by atoms with Gasteiger partial charge in [-0.25, -0.2) is 4.79 Å². The van der Waals surface area contributed by atoms with Crippen molar-refractivity contribution in [3.63, 3.8) is 0 Å². The van der Waals surface area contributed by atoms with Crippen molar-refractivity contribution < 1.29 is 28.5 Å². The van der Waals surface area contributed by atoms with Gasteiger partial charge in [0.05, 0.1) is 6.10 Å². The highest BCUT2D eigenvalue weighted by atomic mass is 16.7. The van der Waals surface area contributed by atoms with E-state index in [0.717, 1.165) is 136 Å². The fourth-order valence-electron chi connectivity index (χ4n) is 20.5. The molecule has 10 rings (SSSR count). The number of methoxy groups -OCH3 is 1. The molecular weight excluding hydrogens is 855 g/mol. The van der Waals surface area contributed by atoms with E-state index in [0.29, 0.717) is 29.3 Å². The molecule has 0 aromatic rings. The zero-order valence-electron chi connectivity index (χ0n) is 45.2. The van der Waals surface area contributed by atoms with Crippen LogP contribution in [-0.2, 0) is 23.7 Å². The summed E-state index contributed by atoms with van der Waals surface area (Å²) in [5.74, 6) is 10.6. The second kappa shape index (κ2) is 22.2. The standard InChI is InChI=1S/C62H103NO6/c1-40-10-26-50(27-11-40)63(57-39-15-44-13-12-42-8-7-9-43-14-38-56(57)59(44)58(42)43)51-28-16-47(17-29-51)62(5,48-22-30-52(66-6)31-23-48)49-24-36-55(37-25-49)69-60(65)68-54-34-20-46(21-35-54)61(3,4)45-18-32-53(33-19-45)67-41(2)64/h40,42-59H,7-39H2,1-6H3. The van der Waals surface area contributed by atoms with Gasteiger partial charge in [-0.05, 0) is 274 Å². The van der Waals surface area contributed by atoms with Crippen molar-refractivity contribution in [2.24, 2.45) is 81.8 Å². The third-order valence-electron chi connectivity index (χ3n) is 24.4. The second-order valence-corrected chi connectivity index (χ2v) is 27.6. The van der Waals surface area contributed by atoms with Crippen LogP contribution in [0.25, 0.3) is 0 Å². The monoisotopic (exact) mass is 958 g/mol. The van der Waals surface area contributed by atoms with E-state index < -0.39 is 6.16 Å². The number of hydrogen-bond acceptors (Lipinski definition) is 7. The first-order valence-corrected chi connectivity index (χ1v) is 30.7. The van der Waals surface area contributed by atoms with Crippen LogP contribution in [-0.4, -0.2) is 66.7 Å². The highest BCUT2D eigenvalue weighted by Gasteiger charge is 2.57. The van der Waals surface area contributed by atoms with Crippen LogP contribution < -0.4 is 0 Å². The first-order valence-electron chi connectivity index (χ1n) is 30.7. The Morgan fingerprint density at radius 3 is 1.33 bits per heavy atom. The van der Waals surface area contributed by atoms with Gasteiger partial charge in [0.25, 0.3) is 0 Å². The lowest BCUT2D eigenvalue weighted by atomic mass is 9.47. The van der Waals surface area contributed by atoms with Gasteiger partial charge in [0.1, 0.15) is 18.3 Å². The Bertz CT molecular complexity index is 1650. The third-order valence-corrected chi connectivity index (χ3v) is 24.4. The maximum absolute atomic E-state index is 13.5. The molecule has 0 heterocycles. The van der Waals surface area contributed by atoms with E-state index in [1.165, 1.54) is 116 Å². The molecule has 0 aliphatic heterocycles. The summed E-state index contributed by atoms with van der Waals surface area (Å²) in [7, 11) is 1.94. The quantitative estimate of drug-likeness (QED) is 0.180. The van der Waals surface area contributed by atoms with Gasteiger partial charge in [-0.1, -0.05) is 47.0 Å². The Morgan fingerprint density at radius 1 is 0.435 bits per heavy atom. The van der Waals surface area contributed by atoms with Crippen LogP contribution >= 0.6 is 0 Å². The van der Waals surface area contributed by atoms with Gasteiger partial charge >= 0.3 is 12.1 Å². The van der Waals surface area contributed by atoms with Gasteiger partial charge < -0.3 is 18.9 Å². The van der Waals surface area contributed by atoms with Crippen molar-refractivity contribution in [2.45, 2.75) is 289 Å². The Morgan fingerprint density at radius 2 is 0.841 bits per heavy atom. The lowest BCUT2D eigenvalue weighted by Gasteiger charge is -2.62. The number of esters is 1. The number of rotatable bonds is 12. The largest absolute Gasteiger partial charge is 0.508 e. The Hall–Kier alpha value is -1.34. The van der Waals surface area contributed by atoms with E-state index in [2.05, 4.69) is 32.6 Å². The fraction of sp³-hybridized carbons (Fsp3) is 0.968. The van der Waals surface area contributed by atoms with Gasteiger partial charge in [0.2, 0.25) is 0 Å². The lowest BCUT2D eigenvalue weighted by molar-refractivity contribution is -0.148. The molecule has 10 aliphatic carbocycles. The summed E-state index contributed by atoms with van der Waals surface area (Å²) in [5.41, 5.74) is 0.575. The number of carbonyl (C=O) groups is 2. The van der Waals surface area contributed by atoms with Crippen molar-refractivity contribution in [3.8, 4) is 0 Å². The molecule has 0 N–H and O–H groups in total. The molecule has 0 aromatic heterocycles. The molecule has 0 saturated heterocycles. The molecule has 0 spiro atoms. The molecule has 10 fully saturated rings. The maximum Gasteiger partial charge on any atom is 0.508 e. The summed E-state index contributed by atoms with van der Waals surface area (Å²) in [6.07, 6.45) is 43.2. The van der Waals surface area contributed by atoms with Crippen molar-refractivity contribution >= 4 is 12.1 Å². The smallest absolute Gasteiger partial charge is 0.463 e. The van der Waals surface area contributed by atoms with E-state index in [9.17, 15) is 9.59 Å². The van der Waals surface area contributed by atoms with Gasteiger partial charge in [-0.2, -0.15) is 0 Å². The average molecular weight is 959 g/mol. The van der Waals surface area contributed by atoms with Crippen LogP contribution in [0.2, 0.25) is 0 Å². The summed E-state index contributed by atoms with van der Waals surface area (Å²) in [6.45, 7) is 11.8. The number of nitrogens with zero attached hydrogens (tertiary/aromatic N) is 1. The van der Waals surface area contributed by atoms with Crippen molar-refractivity contribution in [3.05, 3.63) is 0 Å². The number of hydrogen-bond donors (Lipinski definition) is 0. The van der Waals surface area contributed by atoms with Gasteiger partial charge in [-0.3, -0.25) is 9.69 Å². The number of ether oxygens (including phenoxy) is 4. The minimum atomic E-state index is -0.413. The second-order valence-electron chi connectivity index (χ2n) is 27.6. The Labute approximate surface area is 421 Å². The van der Waals surface area contributed by atoms with Crippen LogP contribution in [0.15, 0.2) is 0 Å². The highest BCUT2D eigenvalue weighted by molar-refractivity contribution is 5.66. The molecule has 8 atom stereocenters. The molecule has 7 heteroatoms. The van der Waals surface area contributed by atoms with Crippen molar-refractivity contribution in [2.75, 3.05) is 7.11 Å². The predicted octanol–water partition coefficient (Wildman–Crippen LogP) is 15.7. The Balaban J connectivity index is 0.752. The first kappa shape index (κ1) is 51.2. The van der Waals surface area contributed by atoms with Crippen LogP contribution in [0.5, 0.6) is 0 Å². The van der Waals surface area contributed by atoms with E-state index >= 15 is 0 Å². The lowest BCUT2D eigenvalue weighted by Crippen LogP contribution is -2.61. The van der Waals surface area contributed by atoms with Crippen LogP contribution in [0, 0.1) is 81.8 Å². The maximum atomic E-state index is 13.5. The number of carbonyl (C=O) groups excluding carboxylic acids is 2. The fourth-order valence-corrected chi connectivity index (χ4v) is 20.5.